The Hall–Kier alpha value is -1.56. The molecule has 0 spiro atoms. The van der Waals surface area contributed by atoms with Gasteiger partial charge >= 0.3 is 6.01 Å². The van der Waals surface area contributed by atoms with Crippen LogP contribution >= 0.6 is 0 Å². The van der Waals surface area contributed by atoms with Gasteiger partial charge in [0.05, 0.1) is 14.2 Å². The Morgan fingerprint density at radius 3 is 2.37 bits per heavy atom. The van der Waals surface area contributed by atoms with Crippen LogP contribution in [0.5, 0.6) is 11.9 Å². The molecule has 1 rings (SSSR count). The largest absolute Gasteiger partial charge is 0.481 e. The van der Waals surface area contributed by atoms with Gasteiger partial charge in [0.1, 0.15) is 5.82 Å². The lowest BCUT2D eigenvalue weighted by Gasteiger charge is -2.28. The number of hydrogen-bond donors (Lipinski definition) is 1. The Balaban J connectivity index is 2.76. The summed E-state index contributed by atoms with van der Waals surface area (Å²) in [5.74, 6) is 1.74. The quantitative estimate of drug-likeness (QED) is 0.808. The molecular weight excluding hydrogens is 244 g/mol. The number of ether oxygens (including phenoxy) is 2. The molecule has 0 bridgehead atoms. The van der Waals surface area contributed by atoms with Crippen LogP contribution in [0.25, 0.3) is 0 Å². The highest BCUT2D eigenvalue weighted by molar-refractivity contribution is 5.39. The summed E-state index contributed by atoms with van der Waals surface area (Å²) in [5, 5.41) is 3.30. The maximum Gasteiger partial charge on any atom is 0.321 e. The molecule has 0 aliphatic rings. The molecule has 0 aromatic carbocycles. The van der Waals surface area contributed by atoms with E-state index in [2.05, 4.69) is 48.1 Å². The third-order valence-corrected chi connectivity index (χ3v) is 3.00. The fourth-order valence-electron chi connectivity index (χ4n) is 1.91. The van der Waals surface area contributed by atoms with Crippen molar-refractivity contribution in [2.24, 2.45) is 5.92 Å². The zero-order chi connectivity index (χ0) is 14.4. The van der Waals surface area contributed by atoms with Crippen molar-refractivity contribution in [3.63, 3.8) is 0 Å². The normalized spacial score (nSPS) is 12.6. The van der Waals surface area contributed by atoms with Crippen molar-refractivity contribution in [1.82, 2.24) is 14.9 Å². The van der Waals surface area contributed by atoms with E-state index in [9.17, 15) is 0 Å². The van der Waals surface area contributed by atoms with Crippen molar-refractivity contribution < 1.29 is 9.47 Å². The van der Waals surface area contributed by atoms with Gasteiger partial charge in [-0.3, -0.25) is 0 Å². The van der Waals surface area contributed by atoms with E-state index in [-0.39, 0.29) is 0 Å². The van der Waals surface area contributed by atoms with Gasteiger partial charge in [0.25, 0.3) is 0 Å². The summed E-state index contributed by atoms with van der Waals surface area (Å²) in [6, 6.07) is 2.48. The number of rotatable bonds is 7. The van der Waals surface area contributed by atoms with Gasteiger partial charge < -0.3 is 19.7 Å². The smallest absolute Gasteiger partial charge is 0.321 e. The van der Waals surface area contributed by atoms with E-state index in [4.69, 9.17) is 9.47 Å². The van der Waals surface area contributed by atoms with Crippen LogP contribution in [0.3, 0.4) is 0 Å². The van der Waals surface area contributed by atoms with E-state index in [0.717, 1.165) is 6.54 Å². The van der Waals surface area contributed by atoms with Crippen LogP contribution < -0.4 is 14.8 Å². The van der Waals surface area contributed by atoms with Crippen LogP contribution in [-0.2, 0) is 0 Å². The van der Waals surface area contributed by atoms with Crippen LogP contribution in [-0.4, -0.2) is 55.8 Å². The molecule has 0 aliphatic heterocycles. The minimum atomic E-state index is 0.299. The highest BCUT2D eigenvalue weighted by Gasteiger charge is 2.16. The first-order valence-corrected chi connectivity index (χ1v) is 6.35. The zero-order valence-corrected chi connectivity index (χ0v) is 12.6. The summed E-state index contributed by atoms with van der Waals surface area (Å²) in [5.41, 5.74) is 0. The lowest BCUT2D eigenvalue weighted by Crippen LogP contribution is -2.38. The second kappa shape index (κ2) is 7.13. The first-order valence-electron chi connectivity index (χ1n) is 6.35. The van der Waals surface area contributed by atoms with E-state index >= 15 is 0 Å². The molecule has 6 nitrogen and oxygen atoms in total. The third kappa shape index (κ3) is 4.55. The standard InChI is InChI=1S/C13H24N4O2/c1-9(2)10(17(3)4)8-14-11-7-12(18-5)16-13(15-11)19-6/h7,9-10H,8H2,1-6H3,(H,14,15,16)/t10-/m0/s1. The molecule has 19 heavy (non-hydrogen) atoms. The number of anilines is 1. The molecule has 0 saturated carbocycles. The minimum absolute atomic E-state index is 0.299. The van der Waals surface area contributed by atoms with Gasteiger partial charge in [0.15, 0.2) is 0 Å². The molecule has 0 radical (unpaired) electrons. The summed E-state index contributed by atoms with van der Waals surface area (Å²) in [6.45, 7) is 5.20. The van der Waals surface area contributed by atoms with Crippen molar-refractivity contribution in [2.75, 3.05) is 40.2 Å². The van der Waals surface area contributed by atoms with Gasteiger partial charge in [-0.25, -0.2) is 0 Å². The van der Waals surface area contributed by atoms with Gasteiger partial charge in [0, 0.05) is 18.7 Å². The molecular formula is C13H24N4O2. The SMILES string of the molecule is COc1cc(NC[C@@H](C(C)C)N(C)C)nc(OC)n1. The van der Waals surface area contributed by atoms with Crippen LogP contribution in [0.2, 0.25) is 0 Å². The Bertz CT molecular complexity index is 366. The highest BCUT2D eigenvalue weighted by atomic mass is 16.5. The maximum absolute atomic E-state index is 5.12. The molecule has 1 aromatic heterocycles. The molecule has 0 unspecified atom stereocenters. The van der Waals surface area contributed by atoms with E-state index in [1.54, 1.807) is 13.2 Å². The summed E-state index contributed by atoms with van der Waals surface area (Å²) < 4.78 is 10.2. The van der Waals surface area contributed by atoms with Crippen molar-refractivity contribution in [2.45, 2.75) is 19.9 Å². The molecule has 108 valence electrons. The van der Waals surface area contributed by atoms with Gasteiger partial charge in [-0.2, -0.15) is 9.97 Å². The summed E-state index contributed by atoms with van der Waals surface area (Å²) >= 11 is 0. The molecule has 0 amide bonds. The monoisotopic (exact) mass is 268 g/mol. The topological polar surface area (TPSA) is 59.5 Å². The molecule has 6 heteroatoms. The number of nitrogens with zero attached hydrogens (tertiary/aromatic N) is 3. The third-order valence-electron chi connectivity index (χ3n) is 3.00. The number of likely N-dealkylation sites (N-methyl/N-ethyl adjacent to an activating group) is 1. The Kier molecular flexibility index (Phi) is 5.82. The van der Waals surface area contributed by atoms with Gasteiger partial charge in [-0.15, -0.1) is 0 Å². The van der Waals surface area contributed by atoms with Crippen molar-refractivity contribution >= 4 is 5.82 Å². The predicted octanol–water partition coefficient (Wildman–Crippen LogP) is 1.49. The number of methoxy groups -OCH3 is 2. The fourth-order valence-corrected chi connectivity index (χ4v) is 1.91. The molecule has 1 atom stereocenters. The lowest BCUT2D eigenvalue weighted by atomic mass is 10.0. The van der Waals surface area contributed by atoms with E-state index in [1.165, 1.54) is 7.11 Å². The molecule has 0 saturated heterocycles. The highest BCUT2D eigenvalue weighted by Crippen LogP contribution is 2.17. The van der Waals surface area contributed by atoms with E-state index in [1.807, 2.05) is 0 Å². The number of nitrogens with one attached hydrogen (secondary N) is 1. The summed E-state index contributed by atoms with van der Waals surface area (Å²) in [7, 11) is 7.26. The predicted molar refractivity (Wildman–Crippen MR) is 75.9 cm³/mol. The second-order valence-corrected chi connectivity index (χ2v) is 4.94. The number of hydrogen-bond acceptors (Lipinski definition) is 6. The van der Waals surface area contributed by atoms with Crippen molar-refractivity contribution in [3.05, 3.63) is 6.07 Å². The molecule has 0 fully saturated rings. The Morgan fingerprint density at radius 1 is 1.21 bits per heavy atom. The lowest BCUT2D eigenvalue weighted by molar-refractivity contribution is 0.243. The molecule has 0 aliphatic carbocycles. The van der Waals surface area contributed by atoms with Crippen molar-refractivity contribution in [3.8, 4) is 11.9 Å². The maximum atomic E-state index is 5.12. The van der Waals surface area contributed by atoms with E-state index in [0.29, 0.717) is 29.7 Å². The summed E-state index contributed by atoms with van der Waals surface area (Å²) in [4.78, 5) is 10.5. The van der Waals surface area contributed by atoms with Crippen LogP contribution in [0.1, 0.15) is 13.8 Å². The molecule has 1 N–H and O–H groups in total. The average molecular weight is 268 g/mol. The first-order chi connectivity index (χ1) is 8.97. The Morgan fingerprint density at radius 2 is 1.89 bits per heavy atom. The minimum Gasteiger partial charge on any atom is -0.481 e. The fraction of sp³-hybridized carbons (Fsp3) is 0.692. The summed E-state index contributed by atoms with van der Waals surface area (Å²) in [6.07, 6.45) is 0. The van der Waals surface area contributed by atoms with Crippen molar-refractivity contribution in [1.29, 1.82) is 0 Å². The van der Waals surface area contributed by atoms with E-state index < -0.39 is 0 Å². The van der Waals surface area contributed by atoms with Gasteiger partial charge in [-0.1, -0.05) is 13.8 Å². The van der Waals surface area contributed by atoms with Gasteiger partial charge in [-0.05, 0) is 20.0 Å². The number of aromatic nitrogens is 2. The average Bonchev–Trinajstić information content (AvgIpc) is 2.37. The molecule has 1 heterocycles. The first kappa shape index (κ1) is 15.5. The van der Waals surface area contributed by atoms with Crippen LogP contribution in [0, 0.1) is 5.92 Å². The molecule has 1 aromatic rings. The van der Waals surface area contributed by atoms with Crippen LogP contribution in [0.4, 0.5) is 5.82 Å². The Labute approximate surface area is 115 Å². The second-order valence-electron chi connectivity index (χ2n) is 4.94. The zero-order valence-electron chi connectivity index (χ0n) is 12.6. The van der Waals surface area contributed by atoms with Crippen LogP contribution in [0.15, 0.2) is 6.07 Å². The van der Waals surface area contributed by atoms with Gasteiger partial charge in [0.2, 0.25) is 5.88 Å².